The summed E-state index contributed by atoms with van der Waals surface area (Å²) in [5, 5.41) is 9.03. The highest BCUT2D eigenvalue weighted by molar-refractivity contribution is 5.75. The van der Waals surface area contributed by atoms with E-state index in [1.54, 1.807) is 6.92 Å². The lowest BCUT2D eigenvalue weighted by Gasteiger charge is -2.02. The van der Waals surface area contributed by atoms with E-state index in [-0.39, 0.29) is 12.2 Å². The molecular formula is C6H10O4. The van der Waals surface area contributed by atoms with E-state index in [1.807, 2.05) is 0 Å². The molecule has 4 heteroatoms. The molecule has 0 unspecified atom stereocenters. The molecule has 0 saturated carbocycles. The fraction of sp³-hybridized carbons (Fsp3) is 0.833. The predicted octanol–water partition coefficient (Wildman–Crippen LogP) is -0.692. The van der Waals surface area contributed by atoms with Crippen molar-refractivity contribution in [3.63, 3.8) is 0 Å². The van der Waals surface area contributed by atoms with Crippen LogP contribution in [0.4, 0.5) is 0 Å². The molecule has 1 saturated heterocycles. The van der Waals surface area contributed by atoms with Gasteiger partial charge in [-0.1, -0.05) is 0 Å². The summed E-state index contributed by atoms with van der Waals surface area (Å²) in [5.41, 5.74) is 0. The minimum Gasteiger partial charge on any atom is -0.467 e. The van der Waals surface area contributed by atoms with Crippen LogP contribution in [0.3, 0.4) is 0 Å². The number of rotatable bonds is 2. The number of hydrogen-bond donors (Lipinski definition) is 1. The number of epoxide rings is 1. The fourth-order valence-corrected chi connectivity index (χ4v) is 0.788. The van der Waals surface area contributed by atoms with Crippen molar-refractivity contribution in [3.05, 3.63) is 0 Å². The zero-order valence-electron chi connectivity index (χ0n) is 5.90. The second-order valence-electron chi connectivity index (χ2n) is 2.27. The summed E-state index contributed by atoms with van der Waals surface area (Å²) in [5.74, 6) is -0.630. The van der Waals surface area contributed by atoms with Crippen LogP contribution in [0.2, 0.25) is 0 Å². The predicted molar refractivity (Wildman–Crippen MR) is 32.4 cm³/mol. The molecule has 0 aromatic carbocycles. The van der Waals surface area contributed by atoms with E-state index in [1.165, 1.54) is 7.11 Å². The van der Waals surface area contributed by atoms with E-state index in [9.17, 15) is 4.79 Å². The van der Waals surface area contributed by atoms with Crippen molar-refractivity contribution in [2.24, 2.45) is 0 Å². The highest BCUT2D eigenvalue weighted by Gasteiger charge is 2.44. The van der Waals surface area contributed by atoms with Crippen molar-refractivity contribution in [2.45, 2.75) is 25.2 Å². The Morgan fingerprint density at radius 2 is 2.30 bits per heavy atom. The average molecular weight is 146 g/mol. The van der Waals surface area contributed by atoms with Gasteiger partial charge in [0, 0.05) is 0 Å². The molecule has 0 aliphatic carbocycles. The largest absolute Gasteiger partial charge is 0.467 e. The molecule has 1 N–H and O–H groups in total. The molecule has 58 valence electrons. The summed E-state index contributed by atoms with van der Waals surface area (Å²) in [6.07, 6.45) is -1.48. The van der Waals surface area contributed by atoms with Crippen molar-refractivity contribution < 1.29 is 19.4 Å². The number of carbonyl (C=O) groups is 1. The zero-order chi connectivity index (χ0) is 7.72. The molecule has 0 aromatic rings. The number of aliphatic hydroxyl groups is 1. The van der Waals surface area contributed by atoms with Gasteiger partial charge in [-0.3, -0.25) is 0 Å². The lowest BCUT2D eigenvalue weighted by Crippen LogP contribution is -2.28. The van der Waals surface area contributed by atoms with Gasteiger partial charge in [-0.25, -0.2) is 4.79 Å². The normalized spacial score (nSPS) is 33.1. The Kier molecular flexibility index (Phi) is 1.92. The number of methoxy groups -OCH3 is 1. The molecule has 10 heavy (non-hydrogen) atoms. The summed E-state index contributed by atoms with van der Waals surface area (Å²) in [6, 6.07) is 0. The third-order valence-electron chi connectivity index (χ3n) is 1.51. The minimum absolute atomic E-state index is 0.0194. The number of esters is 1. The second kappa shape index (κ2) is 2.56. The highest BCUT2D eigenvalue weighted by Crippen LogP contribution is 2.24. The van der Waals surface area contributed by atoms with E-state index < -0.39 is 12.1 Å². The monoisotopic (exact) mass is 146 g/mol. The maximum Gasteiger partial charge on any atom is 0.337 e. The van der Waals surface area contributed by atoms with Crippen LogP contribution in [0.5, 0.6) is 0 Å². The van der Waals surface area contributed by atoms with E-state index in [4.69, 9.17) is 9.84 Å². The van der Waals surface area contributed by atoms with E-state index in [0.717, 1.165) is 0 Å². The standard InChI is InChI=1S/C6H10O4/c1-3-5(10-3)4(7)6(8)9-2/h3-5,7H,1-2H3/t3-,4-,5-/m1/s1. The molecule has 1 heterocycles. The Morgan fingerprint density at radius 3 is 2.60 bits per heavy atom. The summed E-state index contributed by atoms with van der Waals surface area (Å²) in [6.45, 7) is 1.79. The average Bonchev–Trinajstić information content (AvgIpc) is 2.63. The lowest BCUT2D eigenvalue weighted by molar-refractivity contribution is -0.151. The van der Waals surface area contributed by atoms with Gasteiger partial charge in [0.05, 0.1) is 13.2 Å². The van der Waals surface area contributed by atoms with Crippen molar-refractivity contribution in [2.75, 3.05) is 7.11 Å². The van der Waals surface area contributed by atoms with Crippen molar-refractivity contribution in [1.29, 1.82) is 0 Å². The summed E-state index contributed by atoms with van der Waals surface area (Å²) in [4.78, 5) is 10.6. The first-order valence-corrected chi connectivity index (χ1v) is 3.08. The van der Waals surface area contributed by atoms with Crippen LogP contribution in [0.15, 0.2) is 0 Å². The highest BCUT2D eigenvalue weighted by atomic mass is 16.6. The van der Waals surface area contributed by atoms with Crippen LogP contribution >= 0.6 is 0 Å². The Balaban J connectivity index is 2.34. The molecule has 0 amide bonds. The van der Waals surface area contributed by atoms with Gasteiger partial charge in [0.1, 0.15) is 6.10 Å². The van der Waals surface area contributed by atoms with Gasteiger partial charge in [-0.05, 0) is 6.92 Å². The first-order chi connectivity index (χ1) is 4.66. The van der Waals surface area contributed by atoms with Gasteiger partial charge < -0.3 is 14.6 Å². The molecular weight excluding hydrogens is 136 g/mol. The summed E-state index contributed by atoms with van der Waals surface area (Å²) in [7, 11) is 1.23. The Hall–Kier alpha value is -0.610. The molecule has 0 spiro atoms. The van der Waals surface area contributed by atoms with E-state index in [0.29, 0.717) is 0 Å². The van der Waals surface area contributed by atoms with Crippen molar-refractivity contribution >= 4 is 5.97 Å². The van der Waals surface area contributed by atoms with Gasteiger partial charge in [0.25, 0.3) is 0 Å². The van der Waals surface area contributed by atoms with Gasteiger partial charge >= 0.3 is 5.97 Å². The quantitative estimate of drug-likeness (QED) is 0.413. The maximum absolute atomic E-state index is 10.6. The van der Waals surface area contributed by atoms with E-state index >= 15 is 0 Å². The number of ether oxygens (including phenoxy) is 2. The number of carbonyl (C=O) groups excluding carboxylic acids is 1. The Morgan fingerprint density at radius 1 is 1.80 bits per heavy atom. The fourth-order valence-electron chi connectivity index (χ4n) is 0.788. The van der Waals surface area contributed by atoms with Crippen molar-refractivity contribution in [1.82, 2.24) is 0 Å². The van der Waals surface area contributed by atoms with Crippen LogP contribution in [0.25, 0.3) is 0 Å². The molecule has 0 aromatic heterocycles. The third-order valence-corrected chi connectivity index (χ3v) is 1.51. The van der Waals surface area contributed by atoms with Gasteiger partial charge in [0.15, 0.2) is 6.10 Å². The lowest BCUT2D eigenvalue weighted by atomic mass is 10.2. The molecule has 1 rings (SSSR count). The molecule has 1 aliphatic heterocycles. The maximum atomic E-state index is 10.6. The van der Waals surface area contributed by atoms with Crippen LogP contribution in [0, 0.1) is 0 Å². The molecule has 1 fully saturated rings. The Labute approximate surface area is 58.7 Å². The van der Waals surface area contributed by atoms with Gasteiger partial charge in [-0.2, -0.15) is 0 Å². The molecule has 1 aliphatic rings. The smallest absolute Gasteiger partial charge is 0.337 e. The van der Waals surface area contributed by atoms with Crippen LogP contribution in [-0.2, 0) is 14.3 Å². The van der Waals surface area contributed by atoms with Gasteiger partial charge in [0.2, 0.25) is 0 Å². The molecule has 4 nitrogen and oxygen atoms in total. The minimum atomic E-state index is -1.11. The van der Waals surface area contributed by atoms with Crippen LogP contribution < -0.4 is 0 Å². The molecule has 0 bridgehead atoms. The summed E-state index contributed by atoms with van der Waals surface area (Å²) >= 11 is 0. The van der Waals surface area contributed by atoms with Crippen LogP contribution in [-0.4, -0.2) is 36.5 Å². The summed E-state index contributed by atoms with van der Waals surface area (Å²) < 4.78 is 9.14. The first kappa shape index (κ1) is 7.50. The Bertz CT molecular complexity index is 145. The van der Waals surface area contributed by atoms with Crippen LogP contribution in [0.1, 0.15) is 6.92 Å². The SMILES string of the molecule is COC(=O)[C@H](O)[C@@H]1O[C@@H]1C. The van der Waals surface area contributed by atoms with Crippen molar-refractivity contribution in [3.8, 4) is 0 Å². The molecule has 3 atom stereocenters. The third kappa shape index (κ3) is 1.27. The number of aliphatic hydroxyl groups excluding tert-OH is 1. The second-order valence-corrected chi connectivity index (χ2v) is 2.27. The molecule has 0 radical (unpaired) electrons. The first-order valence-electron chi connectivity index (χ1n) is 3.08. The zero-order valence-corrected chi connectivity index (χ0v) is 5.90. The van der Waals surface area contributed by atoms with Gasteiger partial charge in [-0.15, -0.1) is 0 Å². The van der Waals surface area contributed by atoms with E-state index in [2.05, 4.69) is 4.74 Å². The topological polar surface area (TPSA) is 59.1 Å². The number of hydrogen-bond acceptors (Lipinski definition) is 4.